The summed E-state index contributed by atoms with van der Waals surface area (Å²) in [6, 6.07) is 8.06. The van der Waals surface area contributed by atoms with Crippen LogP contribution in [0.5, 0.6) is 5.75 Å². The lowest BCUT2D eigenvalue weighted by atomic mass is 9.98. The van der Waals surface area contributed by atoms with Gasteiger partial charge >= 0.3 is 0 Å². The van der Waals surface area contributed by atoms with Crippen LogP contribution in [0.3, 0.4) is 0 Å². The number of fused-ring (bicyclic) bond motifs is 1. The van der Waals surface area contributed by atoms with Gasteiger partial charge in [-0.05, 0) is 30.5 Å². The molecular weight excluding hydrogens is 266 g/mol. The number of thiophene rings is 1. The molecule has 2 nitrogen and oxygen atoms in total. The molecule has 1 aromatic heterocycles. The number of hydrogen-bond donors (Lipinski definition) is 1. The van der Waals surface area contributed by atoms with Crippen molar-refractivity contribution >= 4 is 22.9 Å². The Morgan fingerprint density at radius 3 is 3.00 bits per heavy atom. The normalized spacial score (nSPS) is 21.7. The molecule has 0 fully saturated rings. The summed E-state index contributed by atoms with van der Waals surface area (Å²) < 4.78 is 6.08. The number of rotatable bonds is 2. The van der Waals surface area contributed by atoms with E-state index in [9.17, 15) is 0 Å². The van der Waals surface area contributed by atoms with Crippen LogP contribution in [0.1, 0.15) is 12.5 Å². The highest BCUT2D eigenvalue weighted by Crippen LogP contribution is 2.45. The van der Waals surface area contributed by atoms with E-state index in [0.29, 0.717) is 6.54 Å². The first-order chi connectivity index (χ1) is 8.61. The molecule has 0 saturated heterocycles. The molecule has 2 aromatic rings. The van der Waals surface area contributed by atoms with Gasteiger partial charge in [-0.1, -0.05) is 17.7 Å². The number of halogens is 1. The summed E-state index contributed by atoms with van der Waals surface area (Å²) in [5.74, 6) is 0.940. The number of benzene rings is 1. The summed E-state index contributed by atoms with van der Waals surface area (Å²) >= 11 is 7.89. The highest BCUT2D eigenvalue weighted by atomic mass is 35.5. The minimum atomic E-state index is -0.307. The smallest absolute Gasteiger partial charge is 0.132 e. The van der Waals surface area contributed by atoms with E-state index in [0.717, 1.165) is 28.3 Å². The first-order valence-corrected chi connectivity index (χ1v) is 7.12. The van der Waals surface area contributed by atoms with E-state index < -0.39 is 0 Å². The van der Waals surface area contributed by atoms with Crippen molar-refractivity contribution in [1.29, 1.82) is 0 Å². The quantitative estimate of drug-likeness (QED) is 0.909. The predicted octanol–water partition coefficient (Wildman–Crippen LogP) is 3.72. The molecular formula is C14H14ClNOS. The second kappa shape index (κ2) is 4.26. The van der Waals surface area contributed by atoms with Crippen molar-refractivity contribution in [3.05, 3.63) is 40.2 Å². The Kier molecular flexibility index (Phi) is 2.85. The van der Waals surface area contributed by atoms with E-state index >= 15 is 0 Å². The molecule has 1 unspecified atom stereocenters. The molecule has 0 spiro atoms. The zero-order valence-electron chi connectivity index (χ0n) is 10.1. The van der Waals surface area contributed by atoms with Gasteiger partial charge in [0.1, 0.15) is 11.4 Å². The van der Waals surface area contributed by atoms with Gasteiger partial charge in [-0.25, -0.2) is 0 Å². The molecule has 0 amide bonds. The summed E-state index contributed by atoms with van der Waals surface area (Å²) in [6.07, 6.45) is 0.817. The van der Waals surface area contributed by atoms with Gasteiger partial charge in [0.2, 0.25) is 0 Å². The van der Waals surface area contributed by atoms with Gasteiger partial charge in [0, 0.05) is 34.0 Å². The van der Waals surface area contributed by atoms with Gasteiger partial charge in [-0.3, -0.25) is 0 Å². The van der Waals surface area contributed by atoms with Crippen molar-refractivity contribution in [3.63, 3.8) is 0 Å². The fraction of sp³-hybridized carbons (Fsp3) is 0.286. The van der Waals surface area contributed by atoms with Crippen LogP contribution in [-0.4, -0.2) is 12.1 Å². The SMILES string of the molecule is CC1(CN)Cc2cc(Cl)cc(-c3cccs3)c2O1. The Balaban J connectivity index is 2.14. The average molecular weight is 280 g/mol. The topological polar surface area (TPSA) is 35.2 Å². The third kappa shape index (κ3) is 1.92. The molecule has 4 heteroatoms. The Morgan fingerprint density at radius 1 is 1.50 bits per heavy atom. The Hall–Kier alpha value is -1.03. The van der Waals surface area contributed by atoms with Crippen LogP contribution in [0.2, 0.25) is 5.02 Å². The standard InChI is InChI=1S/C14H14ClNOS/c1-14(8-16)7-9-5-10(15)6-11(13(9)17-14)12-3-2-4-18-12/h2-6H,7-8,16H2,1H3. The first-order valence-electron chi connectivity index (χ1n) is 5.87. The Morgan fingerprint density at radius 2 is 2.33 bits per heavy atom. The van der Waals surface area contributed by atoms with Crippen molar-refractivity contribution in [1.82, 2.24) is 0 Å². The van der Waals surface area contributed by atoms with Gasteiger partial charge in [0.05, 0.1) is 0 Å². The highest BCUT2D eigenvalue weighted by molar-refractivity contribution is 7.13. The molecule has 1 aliphatic rings. The Bertz CT molecular complexity index is 582. The number of ether oxygens (including phenoxy) is 1. The monoisotopic (exact) mass is 279 g/mol. The minimum Gasteiger partial charge on any atom is -0.485 e. The first kappa shape index (κ1) is 12.0. The maximum absolute atomic E-state index is 6.20. The minimum absolute atomic E-state index is 0.307. The second-order valence-corrected chi connectivity index (χ2v) is 6.24. The number of nitrogens with two attached hydrogens (primary N) is 1. The molecule has 1 atom stereocenters. The lowest BCUT2D eigenvalue weighted by molar-refractivity contribution is 0.126. The summed E-state index contributed by atoms with van der Waals surface area (Å²) in [5, 5.41) is 2.81. The molecule has 18 heavy (non-hydrogen) atoms. The van der Waals surface area contributed by atoms with Crippen molar-refractivity contribution in [2.24, 2.45) is 5.73 Å². The van der Waals surface area contributed by atoms with E-state index in [2.05, 4.69) is 11.4 Å². The summed E-state index contributed by atoms with van der Waals surface area (Å²) in [6.45, 7) is 2.54. The maximum atomic E-state index is 6.20. The van der Waals surface area contributed by atoms with Crippen LogP contribution in [0.4, 0.5) is 0 Å². The molecule has 0 saturated carbocycles. The van der Waals surface area contributed by atoms with E-state index in [1.165, 1.54) is 4.88 Å². The molecule has 3 rings (SSSR count). The van der Waals surface area contributed by atoms with Crippen molar-refractivity contribution in [3.8, 4) is 16.2 Å². The number of hydrogen-bond acceptors (Lipinski definition) is 3. The Labute approximate surface area is 115 Å². The molecule has 2 N–H and O–H groups in total. The van der Waals surface area contributed by atoms with E-state index in [1.54, 1.807) is 11.3 Å². The summed E-state index contributed by atoms with van der Waals surface area (Å²) in [5.41, 5.74) is 7.72. The van der Waals surface area contributed by atoms with Gasteiger partial charge in [-0.2, -0.15) is 0 Å². The van der Waals surface area contributed by atoms with Crippen molar-refractivity contribution < 1.29 is 4.74 Å². The fourth-order valence-corrected chi connectivity index (χ4v) is 3.30. The molecule has 0 radical (unpaired) electrons. The summed E-state index contributed by atoms with van der Waals surface area (Å²) in [4.78, 5) is 1.18. The maximum Gasteiger partial charge on any atom is 0.132 e. The van der Waals surface area contributed by atoms with Crippen LogP contribution < -0.4 is 10.5 Å². The molecule has 1 aliphatic heterocycles. The van der Waals surface area contributed by atoms with Gasteiger partial charge in [0.15, 0.2) is 0 Å². The highest BCUT2D eigenvalue weighted by Gasteiger charge is 2.35. The zero-order valence-corrected chi connectivity index (χ0v) is 11.6. The van der Waals surface area contributed by atoms with Crippen LogP contribution in [0.25, 0.3) is 10.4 Å². The molecule has 0 aliphatic carbocycles. The fourth-order valence-electron chi connectivity index (χ4n) is 2.32. The lowest BCUT2D eigenvalue weighted by Gasteiger charge is -2.21. The average Bonchev–Trinajstić information content (AvgIpc) is 2.95. The van der Waals surface area contributed by atoms with Gasteiger partial charge < -0.3 is 10.5 Å². The van der Waals surface area contributed by atoms with Crippen LogP contribution in [0, 0.1) is 0 Å². The van der Waals surface area contributed by atoms with E-state index in [4.69, 9.17) is 22.1 Å². The zero-order chi connectivity index (χ0) is 12.8. The largest absolute Gasteiger partial charge is 0.485 e. The molecule has 2 heterocycles. The van der Waals surface area contributed by atoms with Gasteiger partial charge in [0.25, 0.3) is 0 Å². The van der Waals surface area contributed by atoms with E-state index in [1.807, 2.05) is 25.1 Å². The molecule has 0 bridgehead atoms. The van der Waals surface area contributed by atoms with Gasteiger partial charge in [-0.15, -0.1) is 11.3 Å². The third-order valence-corrected chi connectivity index (χ3v) is 4.38. The second-order valence-electron chi connectivity index (χ2n) is 4.85. The van der Waals surface area contributed by atoms with Crippen LogP contribution in [0.15, 0.2) is 29.6 Å². The summed E-state index contributed by atoms with van der Waals surface area (Å²) in [7, 11) is 0. The lowest BCUT2D eigenvalue weighted by Crippen LogP contribution is -2.38. The van der Waals surface area contributed by atoms with Crippen LogP contribution in [-0.2, 0) is 6.42 Å². The predicted molar refractivity (Wildman–Crippen MR) is 76.6 cm³/mol. The van der Waals surface area contributed by atoms with Crippen molar-refractivity contribution in [2.75, 3.05) is 6.54 Å². The van der Waals surface area contributed by atoms with E-state index in [-0.39, 0.29) is 5.60 Å². The van der Waals surface area contributed by atoms with Crippen LogP contribution >= 0.6 is 22.9 Å². The molecule has 94 valence electrons. The molecule has 1 aromatic carbocycles. The van der Waals surface area contributed by atoms with Crippen molar-refractivity contribution in [2.45, 2.75) is 18.9 Å². The third-order valence-electron chi connectivity index (χ3n) is 3.26.